The molecular formula is C12H18F3N5. The van der Waals surface area contributed by atoms with Gasteiger partial charge in [-0.3, -0.25) is 0 Å². The second-order valence-corrected chi connectivity index (χ2v) is 4.83. The molecule has 0 aliphatic carbocycles. The minimum atomic E-state index is -4.54. The summed E-state index contributed by atoms with van der Waals surface area (Å²) in [5.74, 6) is -0.594. The number of aromatic nitrogens is 2. The second kappa shape index (κ2) is 5.82. The molecule has 0 saturated carbocycles. The van der Waals surface area contributed by atoms with E-state index in [1.165, 1.54) is 0 Å². The lowest BCUT2D eigenvalue weighted by Gasteiger charge is -2.22. The van der Waals surface area contributed by atoms with Crippen molar-refractivity contribution in [3.05, 3.63) is 11.9 Å². The van der Waals surface area contributed by atoms with Gasteiger partial charge in [0.25, 0.3) is 0 Å². The predicted octanol–water partition coefficient (Wildman–Crippen LogP) is 1.68. The van der Waals surface area contributed by atoms with Crippen molar-refractivity contribution in [2.75, 3.05) is 50.5 Å². The van der Waals surface area contributed by atoms with Gasteiger partial charge in [-0.15, -0.1) is 0 Å². The molecule has 1 aromatic heterocycles. The highest BCUT2D eigenvalue weighted by atomic mass is 19.4. The van der Waals surface area contributed by atoms with Gasteiger partial charge in [0.05, 0.1) is 0 Å². The number of anilines is 2. The number of rotatable bonds is 2. The van der Waals surface area contributed by atoms with Gasteiger partial charge in [0.2, 0.25) is 5.82 Å². The summed E-state index contributed by atoms with van der Waals surface area (Å²) >= 11 is 0. The molecule has 0 radical (unpaired) electrons. The Labute approximate surface area is 115 Å². The van der Waals surface area contributed by atoms with E-state index >= 15 is 0 Å². The molecule has 5 nitrogen and oxygen atoms in total. The minimum absolute atomic E-state index is 0.180. The first kappa shape index (κ1) is 14.8. The van der Waals surface area contributed by atoms with Crippen molar-refractivity contribution in [1.82, 2.24) is 14.9 Å². The maximum Gasteiger partial charge on any atom is 0.451 e. The molecule has 1 fully saturated rings. The molecule has 1 aliphatic heterocycles. The number of hydrogen-bond donors (Lipinski definition) is 1. The first-order valence-electron chi connectivity index (χ1n) is 6.47. The van der Waals surface area contributed by atoms with Crippen molar-refractivity contribution < 1.29 is 13.2 Å². The van der Waals surface area contributed by atoms with Gasteiger partial charge >= 0.3 is 6.18 Å². The summed E-state index contributed by atoms with van der Waals surface area (Å²) in [6.45, 7) is 3.10. The Balaban J connectivity index is 2.30. The van der Waals surface area contributed by atoms with Crippen LogP contribution in [0.5, 0.6) is 0 Å². The predicted molar refractivity (Wildman–Crippen MR) is 70.9 cm³/mol. The molecule has 1 saturated heterocycles. The summed E-state index contributed by atoms with van der Waals surface area (Å²) < 4.78 is 38.4. The molecular weight excluding hydrogens is 271 g/mol. The Morgan fingerprint density at radius 3 is 2.55 bits per heavy atom. The van der Waals surface area contributed by atoms with Crippen molar-refractivity contribution in [3.8, 4) is 0 Å². The highest BCUT2D eigenvalue weighted by Gasteiger charge is 2.36. The van der Waals surface area contributed by atoms with Crippen LogP contribution in [-0.4, -0.2) is 55.1 Å². The summed E-state index contributed by atoms with van der Waals surface area (Å²) in [7, 11) is 3.55. The zero-order valence-corrected chi connectivity index (χ0v) is 11.5. The van der Waals surface area contributed by atoms with Gasteiger partial charge in [-0.1, -0.05) is 0 Å². The first-order valence-corrected chi connectivity index (χ1v) is 6.47. The third-order valence-corrected chi connectivity index (χ3v) is 3.27. The number of likely N-dealkylation sites (N-methyl/N-ethyl adjacent to an activating group) is 1. The number of nitrogens with one attached hydrogen (secondary N) is 1. The summed E-state index contributed by atoms with van der Waals surface area (Å²) in [4.78, 5) is 11.2. The summed E-state index contributed by atoms with van der Waals surface area (Å²) in [5.41, 5.74) is 0. The van der Waals surface area contributed by atoms with Crippen LogP contribution in [0.15, 0.2) is 6.07 Å². The summed E-state index contributed by atoms with van der Waals surface area (Å²) in [5, 5.41) is 2.66. The van der Waals surface area contributed by atoms with E-state index in [-0.39, 0.29) is 5.82 Å². The Morgan fingerprint density at radius 1 is 1.15 bits per heavy atom. The molecule has 8 heteroatoms. The minimum Gasteiger partial charge on any atom is -0.373 e. The van der Waals surface area contributed by atoms with Gasteiger partial charge in [-0.05, 0) is 20.0 Å². The van der Waals surface area contributed by atoms with Crippen molar-refractivity contribution in [2.45, 2.75) is 12.6 Å². The molecule has 1 N–H and O–H groups in total. The standard InChI is InChI=1S/C12H18F3N5/c1-16-9-8-10(18-11(17-9)12(13,14)15)20-5-3-4-19(2)6-7-20/h8H,3-7H2,1-2H3,(H,16,17,18). The van der Waals surface area contributed by atoms with Crippen LogP contribution in [0.2, 0.25) is 0 Å². The molecule has 20 heavy (non-hydrogen) atoms. The van der Waals surface area contributed by atoms with Gasteiger partial charge in [0.15, 0.2) is 0 Å². The van der Waals surface area contributed by atoms with E-state index in [2.05, 4.69) is 20.2 Å². The van der Waals surface area contributed by atoms with Gasteiger partial charge in [0, 0.05) is 32.7 Å². The van der Waals surface area contributed by atoms with Crippen LogP contribution in [-0.2, 0) is 6.18 Å². The lowest BCUT2D eigenvalue weighted by molar-refractivity contribution is -0.144. The van der Waals surface area contributed by atoms with Gasteiger partial charge < -0.3 is 15.1 Å². The molecule has 112 valence electrons. The van der Waals surface area contributed by atoms with E-state index in [0.717, 1.165) is 19.5 Å². The smallest absolute Gasteiger partial charge is 0.373 e. The van der Waals surface area contributed by atoms with Crippen molar-refractivity contribution in [3.63, 3.8) is 0 Å². The van der Waals surface area contributed by atoms with Crippen LogP contribution >= 0.6 is 0 Å². The number of hydrogen-bond acceptors (Lipinski definition) is 5. The Kier molecular flexibility index (Phi) is 4.32. The van der Waals surface area contributed by atoms with Crippen LogP contribution in [0.3, 0.4) is 0 Å². The van der Waals surface area contributed by atoms with E-state index in [1.807, 2.05) is 11.9 Å². The largest absolute Gasteiger partial charge is 0.451 e. The molecule has 1 aromatic rings. The molecule has 2 heterocycles. The average Bonchev–Trinajstić information content (AvgIpc) is 2.62. The van der Waals surface area contributed by atoms with Crippen LogP contribution in [0.1, 0.15) is 12.2 Å². The maximum atomic E-state index is 12.8. The van der Waals surface area contributed by atoms with Gasteiger partial charge in [-0.2, -0.15) is 13.2 Å². The average molecular weight is 289 g/mol. The van der Waals surface area contributed by atoms with Crippen molar-refractivity contribution in [1.29, 1.82) is 0 Å². The highest BCUT2D eigenvalue weighted by Crippen LogP contribution is 2.29. The highest BCUT2D eigenvalue weighted by molar-refractivity contribution is 5.49. The second-order valence-electron chi connectivity index (χ2n) is 4.83. The SMILES string of the molecule is CNc1cc(N2CCCN(C)CC2)nc(C(F)(F)F)n1. The molecule has 0 amide bonds. The molecule has 2 rings (SSSR count). The lowest BCUT2D eigenvalue weighted by atomic mass is 10.3. The van der Waals surface area contributed by atoms with Crippen LogP contribution in [0.4, 0.5) is 24.8 Å². The van der Waals surface area contributed by atoms with E-state index in [9.17, 15) is 13.2 Å². The fraction of sp³-hybridized carbons (Fsp3) is 0.667. The van der Waals surface area contributed by atoms with Crippen LogP contribution in [0, 0.1) is 0 Å². The topological polar surface area (TPSA) is 44.3 Å². The van der Waals surface area contributed by atoms with E-state index < -0.39 is 12.0 Å². The maximum absolute atomic E-state index is 12.8. The fourth-order valence-corrected chi connectivity index (χ4v) is 2.13. The normalized spacial score (nSPS) is 17.9. The molecule has 0 atom stereocenters. The molecule has 0 spiro atoms. The molecule has 0 bridgehead atoms. The summed E-state index contributed by atoms with van der Waals surface area (Å²) in [6.07, 6.45) is -3.64. The molecule has 0 unspecified atom stereocenters. The van der Waals surface area contributed by atoms with E-state index in [4.69, 9.17) is 0 Å². The number of halogens is 3. The first-order chi connectivity index (χ1) is 9.40. The van der Waals surface area contributed by atoms with E-state index in [1.54, 1.807) is 13.1 Å². The van der Waals surface area contributed by atoms with Crippen molar-refractivity contribution in [2.24, 2.45) is 0 Å². The fourth-order valence-electron chi connectivity index (χ4n) is 2.13. The summed E-state index contributed by atoms with van der Waals surface area (Å²) in [6, 6.07) is 1.56. The Bertz CT molecular complexity index is 463. The van der Waals surface area contributed by atoms with Gasteiger partial charge in [-0.25, -0.2) is 9.97 Å². The third-order valence-electron chi connectivity index (χ3n) is 3.27. The molecule has 0 aromatic carbocycles. The quantitative estimate of drug-likeness (QED) is 0.897. The van der Waals surface area contributed by atoms with E-state index in [0.29, 0.717) is 18.9 Å². The number of nitrogens with zero attached hydrogens (tertiary/aromatic N) is 4. The van der Waals surface area contributed by atoms with Crippen LogP contribution in [0.25, 0.3) is 0 Å². The Morgan fingerprint density at radius 2 is 1.90 bits per heavy atom. The molecule has 1 aliphatic rings. The zero-order valence-electron chi connectivity index (χ0n) is 11.5. The Hall–Kier alpha value is -1.57. The van der Waals surface area contributed by atoms with Crippen molar-refractivity contribution >= 4 is 11.6 Å². The zero-order chi connectivity index (χ0) is 14.8. The lowest BCUT2D eigenvalue weighted by Crippen LogP contribution is -2.30. The van der Waals surface area contributed by atoms with Crippen LogP contribution < -0.4 is 10.2 Å². The van der Waals surface area contributed by atoms with Gasteiger partial charge in [0.1, 0.15) is 11.6 Å². The number of alkyl halides is 3. The monoisotopic (exact) mass is 289 g/mol. The third kappa shape index (κ3) is 3.50.